The lowest BCUT2D eigenvalue weighted by Crippen LogP contribution is -2.27. The summed E-state index contributed by atoms with van der Waals surface area (Å²) in [6, 6.07) is 2.09. The monoisotopic (exact) mass is 301 g/mol. The highest BCUT2D eigenvalue weighted by Crippen LogP contribution is 2.22. The molecule has 0 aliphatic carbocycles. The minimum absolute atomic E-state index is 0.0233. The van der Waals surface area contributed by atoms with E-state index in [-0.39, 0.29) is 24.1 Å². The Hall–Kier alpha value is -2.18. The molecule has 0 saturated carbocycles. The third-order valence-corrected chi connectivity index (χ3v) is 2.35. The van der Waals surface area contributed by atoms with E-state index in [1.54, 1.807) is 20.8 Å². The van der Waals surface area contributed by atoms with Crippen molar-refractivity contribution in [2.45, 2.75) is 39.2 Å². The largest absolute Gasteiger partial charge is 0.481 e. The van der Waals surface area contributed by atoms with E-state index >= 15 is 0 Å². The first kappa shape index (κ1) is 16.9. The van der Waals surface area contributed by atoms with E-state index in [9.17, 15) is 18.4 Å². The van der Waals surface area contributed by atoms with Crippen LogP contribution in [0.25, 0.3) is 0 Å². The summed E-state index contributed by atoms with van der Waals surface area (Å²) in [7, 11) is 0. The predicted octanol–water partition coefficient (Wildman–Crippen LogP) is 3.33. The van der Waals surface area contributed by atoms with E-state index in [4.69, 9.17) is 9.84 Å². The Labute approximate surface area is 120 Å². The maximum absolute atomic E-state index is 13.6. The Balaban J connectivity index is 2.90. The minimum atomic E-state index is -1.22. The Kier molecular flexibility index (Phi) is 5.23. The second-order valence-electron chi connectivity index (χ2n) is 5.46. The van der Waals surface area contributed by atoms with Gasteiger partial charge in [0.1, 0.15) is 5.60 Å². The quantitative estimate of drug-likeness (QED) is 0.894. The molecule has 0 saturated heterocycles. The van der Waals surface area contributed by atoms with E-state index in [0.29, 0.717) is 0 Å². The zero-order valence-corrected chi connectivity index (χ0v) is 12.0. The third kappa shape index (κ3) is 5.76. The number of carbonyl (C=O) groups is 2. The molecule has 116 valence electrons. The molecule has 0 fully saturated rings. The van der Waals surface area contributed by atoms with Gasteiger partial charge in [-0.25, -0.2) is 13.6 Å². The molecule has 0 atom stereocenters. The number of carbonyl (C=O) groups excluding carboxylic acids is 1. The number of aryl methyl sites for hydroxylation is 1. The number of ether oxygens (including phenoxy) is 1. The summed E-state index contributed by atoms with van der Waals surface area (Å²) in [5.41, 5.74) is -0.896. The minimum Gasteiger partial charge on any atom is -0.481 e. The zero-order valence-electron chi connectivity index (χ0n) is 12.0. The molecule has 0 bridgehead atoms. The number of aliphatic carboxylic acids is 1. The van der Waals surface area contributed by atoms with Crippen molar-refractivity contribution in [1.29, 1.82) is 0 Å². The maximum atomic E-state index is 13.6. The normalized spacial score (nSPS) is 11.1. The summed E-state index contributed by atoms with van der Waals surface area (Å²) in [6.07, 6.45) is -1.12. The van der Waals surface area contributed by atoms with Crippen LogP contribution in [0.15, 0.2) is 12.1 Å². The third-order valence-electron chi connectivity index (χ3n) is 2.35. The van der Waals surface area contributed by atoms with Gasteiger partial charge in [-0.05, 0) is 44.9 Å². The molecule has 5 nitrogen and oxygen atoms in total. The first-order valence-electron chi connectivity index (χ1n) is 6.28. The summed E-state index contributed by atoms with van der Waals surface area (Å²) >= 11 is 0. The number of carboxylic acids is 1. The number of nitrogens with one attached hydrogen (secondary N) is 1. The van der Waals surface area contributed by atoms with Gasteiger partial charge in [-0.2, -0.15) is 0 Å². The van der Waals surface area contributed by atoms with Crippen molar-refractivity contribution in [3.8, 4) is 0 Å². The summed E-state index contributed by atoms with van der Waals surface area (Å²) in [5, 5.41) is 10.7. The lowest BCUT2D eigenvalue weighted by molar-refractivity contribution is -0.136. The molecule has 7 heteroatoms. The van der Waals surface area contributed by atoms with Crippen LogP contribution in [0.4, 0.5) is 19.3 Å². The first-order valence-corrected chi connectivity index (χ1v) is 6.28. The molecular formula is C14H17F2NO4. The van der Waals surface area contributed by atoms with E-state index in [0.717, 1.165) is 6.07 Å². The number of benzene rings is 1. The Morgan fingerprint density at radius 3 is 2.43 bits per heavy atom. The summed E-state index contributed by atoms with van der Waals surface area (Å²) in [6.45, 7) is 4.90. The zero-order chi connectivity index (χ0) is 16.2. The van der Waals surface area contributed by atoms with Gasteiger partial charge >= 0.3 is 12.1 Å². The van der Waals surface area contributed by atoms with E-state index in [2.05, 4.69) is 5.32 Å². The number of hydrogen-bond donors (Lipinski definition) is 2. The van der Waals surface area contributed by atoms with Crippen molar-refractivity contribution in [3.63, 3.8) is 0 Å². The van der Waals surface area contributed by atoms with Crippen LogP contribution in [0, 0.1) is 11.6 Å². The molecule has 1 rings (SSSR count). The highest BCUT2D eigenvalue weighted by Gasteiger charge is 2.19. The SMILES string of the molecule is CC(C)(C)OC(=O)Nc1cc(CCC(=O)O)cc(F)c1F. The predicted molar refractivity (Wildman–Crippen MR) is 72.2 cm³/mol. The smallest absolute Gasteiger partial charge is 0.412 e. The van der Waals surface area contributed by atoms with Crippen molar-refractivity contribution in [2.24, 2.45) is 0 Å². The van der Waals surface area contributed by atoms with Crippen molar-refractivity contribution < 1.29 is 28.2 Å². The molecule has 1 aromatic rings. The molecule has 0 aliphatic heterocycles. The molecule has 0 aromatic heterocycles. The van der Waals surface area contributed by atoms with Crippen molar-refractivity contribution in [3.05, 3.63) is 29.3 Å². The molecule has 0 unspecified atom stereocenters. The van der Waals surface area contributed by atoms with Gasteiger partial charge in [-0.1, -0.05) is 0 Å². The van der Waals surface area contributed by atoms with Gasteiger partial charge < -0.3 is 9.84 Å². The highest BCUT2D eigenvalue weighted by atomic mass is 19.2. The number of amides is 1. The van der Waals surface area contributed by atoms with Crippen LogP contribution >= 0.6 is 0 Å². The summed E-state index contributed by atoms with van der Waals surface area (Å²) < 4.78 is 32.0. The maximum Gasteiger partial charge on any atom is 0.412 e. The number of rotatable bonds is 4. The van der Waals surface area contributed by atoms with Gasteiger partial charge in [0.15, 0.2) is 11.6 Å². The van der Waals surface area contributed by atoms with E-state index < -0.39 is 29.3 Å². The molecule has 0 aliphatic rings. The lowest BCUT2D eigenvalue weighted by Gasteiger charge is -2.20. The number of anilines is 1. The van der Waals surface area contributed by atoms with Crippen LogP contribution in [0.2, 0.25) is 0 Å². The Bertz CT molecular complexity index is 553. The van der Waals surface area contributed by atoms with Crippen LogP contribution in [0.5, 0.6) is 0 Å². The number of carboxylic acid groups (broad SMARTS) is 1. The Morgan fingerprint density at radius 2 is 1.90 bits per heavy atom. The molecular weight excluding hydrogens is 284 g/mol. The number of halogens is 2. The summed E-state index contributed by atoms with van der Waals surface area (Å²) in [4.78, 5) is 22.0. The van der Waals surface area contributed by atoms with Gasteiger partial charge in [0.25, 0.3) is 0 Å². The molecule has 0 heterocycles. The number of hydrogen-bond acceptors (Lipinski definition) is 3. The second-order valence-corrected chi connectivity index (χ2v) is 5.46. The van der Waals surface area contributed by atoms with E-state index in [1.165, 1.54) is 6.07 Å². The topological polar surface area (TPSA) is 75.6 Å². The first-order chi connectivity index (χ1) is 9.58. The van der Waals surface area contributed by atoms with Gasteiger partial charge in [-0.15, -0.1) is 0 Å². The van der Waals surface area contributed by atoms with Crippen LogP contribution in [-0.4, -0.2) is 22.8 Å². The van der Waals surface area contributed by atoms with Crippen LogP contribution in [0.1, 0.15) is 32.8 Å². The van der Waals surface area contributed by atoms with E-state index in [1.807, 2.05) is 0 Å². The molecule has 1 aromatic carbocycles. The Morgan fingerprint density at radius 1 is 1.29 bits per heavy atom. The second kappa shape index (κ2) is 6.51. The molecule has 2 N–H and O–H groups in total. The van der Waals surface area contributed by atoms with Gasteiger partial charge in [0.05, 0.1) is 5.69 Å². The van der Waals surface area contributed by atoms with Gasteiger partial charge in [0, 0.05) is 6.42 Å². The van der Waals surface area contributed by atoms with Crippen LogP contribution in [-0.2, 0) is 16.0 Å². The van der Waals surface area contributed by atoms with Crippen LogP contribution < -0.4 is 5.32 Å². The fourth-order valence-electron chi connectivity index (χ4n) is 1.55. The standard InChI is InChI=1S/C14H17F2NO4/c1-14(2,3)21-13(20)17-10-7-8(4-5-11(18)19)6-9(15)12(10)16/h6-7H,4-5H2,1-3H3,(H,17,20)(H,18,19). The average Bonchev–Trinajstić information content (AvgIpc) is 2.30. The fraction of sp³-hybridized carbons (Fsp3) is 0.429. The van der Waals surface area contributed by atoms with Gasteiger partial charge in [0.2, 0.25) is 0 Å². The van der Waals surface area contributed by atoms with Crippen LogP contribution in [0.3, 0.4) is 0 Å². The molecule has 0 radical (unpaired) electrons. The van der Waals surface area contributed by atoms with Crippen molar-refractivity contribution >= 4 is 17.7 Å². The van der Waals surface area contributed by atoms with Crippen molar-refractivity contribution in [2.75, 3.05) is 5.32 Å². The molecule has 21 heavy (non-hydrogen) atoms. The highest BCUT2D eigenvalue weighted by molar-refractivity contribution is 5.85. The molecule has 1 amide bonds. The van der Waals surface area contributed by atoms with Gasteiger partial charge in [-0.3, -0.25) is 10.1 Å². The fourth-order valence-corrected chi connectivity index (χ4v) is 1.55. The average molecular weight is 301 g/mol. The van der Waals surface area contributed by atoms with Crippen molar-refractivity contribution in [1.82, 2.24) is 0 Å². The lowest BCUT2D eigenvalue weighted by atomic mass is 10.1. The summed E-state index contributed by atoms with van der Waals surface area (Å²) in [5.74, 6) is -3.44. The molecule has 0 spiro atoms.